The largest absolute Gasteiger partial charge is 0.481 e. The number of rotatable bonds is 2. The van der Waals surface area contributed by atoms with Crippen molar-refractivity contribution in [1.29, 1.82) is 0 Å². The molecule has 2 aliphatic carbocycles. The highest BCUT2D eigenvalue weighted by Gasteiger charge is 2.57. The number of hydrogen-bond acceptors (Lipinski definition) is 4. The minimum atomic E-state index is -0.901. The van der Waals surface area contributed by atoms with Crippen LogP contribution in [0.1, 0.15) is 40.0 Å². The second-order valence-corrected chi connectivity index (χ2v) is 6.09. The Morgan fingerprint density at radius 3 is 2.62 bits per heavy atom. The first-order chi connectivity index (χ1) is 10.1. The summed E-state index contributed by atoms with van der Waals surface area (Å²) in [6, 6.07) is 1.02. The van der Waals surface area contributed by atoms with Crippen LogP contribution in [-0.2, 0) is 4.79 Å². The Hall–Kier alpha value is -2.24. The number of hydrogen-bond donors (Lipinski definition) is 1. The third-order valence-electron chi connectivity index (χ3n) is 5.18. The van der Waals surface area contributed by atoms with Crippen LogP contribution in [0.4, 0.5) is 0 Å². The maximum Gasteiger partial charge on any atom is 0.308 e. The van der Waals surface area contributed by atoms with Crippen LogP contribution in [0.2, 0.25) is 0 Å². The molecule has 4 atom stereocenters. The molecule has 1 N–H and O–H groups in total. The molecule has 2 saturated carbocycles. The Labute approximate surface area is 120 Å². The molecule has 2 amide bonds. The molecule has 0 aromatic carbocycles. The van der Waals surface area contributed by atoms with E-state index in [2.05, 4.69) is 4.98 Å². The lowest BCUT2D eigenvalue weighted by atomic mass is 9.83. The average Bonchev–Trinajstić information content (AvgIpc) is 3.13. The smallest absolute Gasteiger partial charge is 0.308 e. The monoisotopic (exact) mass is 286 g/mol. The van der Waals surface area contributed by atoms with E-state index in [-0.39, 0.29) is 23.3 Å². The van der Waals surface area contributed by atoms with Crippen LogP contribution in [0, 0.1) is 17.8 Å². The highest BCUT2D eigenvalue weighted by Crippen LogP contribution is 2.51. The van der Waals surface area contributed by atoms with Gasteiger partial charge in [0.2, 0.25) is 0 Å². The fourth-order valence-electron chi connectivity index (χ4n) is 4.35. The second-order valence-electron chi connectivity index (χ2n) is 6.09. The van der Waals surface area contributed by atoms with Crippen molar-refractivity contribution in [3.05, 3.63) is 29.6 Å². The number of carbonyl (C=O) groups excluding carboxylic acids is 2. The molecule has 108 valence electrons. The molecule has 4 rings (SSSR count). The molecule has 0 radical (unpaired) electrons. The van der Waals surface area contributed by atoms with Gasteiger partial charge in [0.25, 0.3) is 11.8 Å². The molecule has 6 nitrogen and oxygen atoms in total. The van der Waals surface area contributed by atoms with Gasteiger partial charge in [-0.2, -0.15) is 0 Å². The molecule has 6 heteroatoms. The maximum absolute atomic E-state index is 12.5. The molecular formula is C15H14N2O4. The summed E-state index contributed by atoms with van der Waals surface area (Å²) >= 11 is 0. The first-order valence-corrected chi connectivity index (χ1v) is 7.14. The lowest BCUT2D eigenvalue weighted by molar-refractivity contribution is -0.145. The summed E-state index contributed by atoms with van der Waals surface area (Å²) in [4.78, 5) is 41.7. The van der Waals surface area contributed by atoms with Gasteiger partial charge in [0.15, 0.2) is 0 Å². The zero-order valence-electron chi connectivity index (χ0n) is 11.2. The topological polar surface area (TPSA) is 87.6 Å². The quantitative estimate of drug-likeness (QED) is 0.825. The Morgan fingerprint density at radius 1 is 1.19 bits per heavy atom. The molecule has 0 saturated heterocycles. The van der Waals surface area contributed by atoms with Gasteiger partial charge in [-0.15, -0.1) is 0 Å². The van der Waals surface area contributed by atoms with Gasteiger partial charge in [0.05, 0.1) is 23.1 Å². The molecule has 2 fully saturated rings. The van der Waals surface area contributed by atoms with Crippen LogP contribution in [-0.4, -0.2) is 38.8 Å². The molecule has 1 aromatic heterocycles. The van der Waals surface area contributed by atoms with Crippen LogP contribution < -0.4 is 0 Å². The zero-order valence-corrected chi connectivity index (χ0v) is 11.2. The fraction of sp³-hybridized carbons (Fsp3) is 0.467. The highest BCUT2D eigenvalue weighted by molar-refractivity contribution is 6.21. The van der Waals surface area contributed by atoms with Crippen molar-refractivity contribution in [3.63, 3.8) is 0 Å². The molecule has 1 aliphatic heterocycles. The number of amides is 2. The van der Waals surface area contributed by atoms with E-state index < -0.39 is 23.8 Å². The Kier molecular flexibility index (Phi) is 2.46. The second kappa shape index (κ2) is 4.13. The molecule has 2 heterocycles. The van der Waals surface area contributed by atoms with Crippen LogP contribution in [0.25, 0.3) is 0 Å². The Bertz CT molecular complexity index is 636. The number of fused-ring (bicyclic) bond motifs is 3. The van der Waals surface area contributed by atoms with Crippen LogP contribution in [0.5, 0.6) is 0 Å². The van der Waals surface area contributed by atoms with Gasteiger partial charge in [0, 0.05) is 12.4 Å². The van der Waals surface area contributed by atoms with E-state index in [1.807, 2.05) is 0 Å². The van der Waals surface area contributed by atoms with E-state index in [1.54, 1.807) is 0 Å². The van der Waals surface area contributed by atoms with Gasteiger partial charge in [-0.25, -0.2) is 0 Å². The predicted molar refractivity (Wildman–Crippen MR) is 70.5 cm³/mol. The molecule has 0 spiro atoms. The molecule has 1 aromatic rings. The number of aromatic nitrogens is 1. The SMILES string of the molecule is O=C(O)C1C2CCC(C2)C1N1C(=O)c2ccncc2C1=O. The van der Waals surface area contributed by atoms with Gasteiger partial charge >= 0.3 is 5.97 Å². The minimum Gasteiger partial charge on any atom is -0.481 e. The molecule has 3 aliphatic rings. The van der Waals surface area contributed by atoms with Gasteiger partial charge in [-0.1, -0.05) is 0 Å². The third kappa shape index (κ3) is 1.53. The van der Waals surface area contributed by atoms with E-state index in [9.17, 15) is 19.5 Å². The number of imide groups is 1. The summed E-state index contributed by atoms with van der Waals surface area (Å²) in [6.07, 6.45) is 5.43. The maximum atomic E-state index is 12.5. The van der Waals surface area contributed by atoms with Crippen molar-refractivity contribution in [2.45, 2.75) is 25.3 Å². The summed E-state index contributed by atoms with van der Waals surface area (Å²) < 4.78 is 0. The molecular weight excluding hydrogens is 272 g/mol. The van der Waals surface area contributed by atoms with E-state index in [0.29, 0.717) is 5.56 Å². The van der Waals surface area contributed by atoms with Crippen molar-refractivity contribution >= 4 is 17.8 Å². The van der Waals surface area contributed by atoms with Crippen LogP contribution in [0.3, 0.4) is 0 Å². The summed E-state index contributed by atoms with van der Waals surface area (Å²) in [5.41, 5.74) is 0.622. The van der Waals surface area contributed by atoms with Crippen molar-refractivity contribution in [2.75, 3.05) is 0 Å². The number of carboxylic acids is 1. The minimum absolute atomic E-state index is 0.0833. The van der Waals surface area contributed by atoms with E-state index >= 15 is 0 Å². The lowest BCUT2D eigenvalue weighted by Crippen LogP contribution is -2.49. The summed E-state index contributed by atoms with van der Waals surface area (Å²) in [6.45, 7) is 0. The average molecular weight is 286 g/mol. The van der Waals surface area contributed by atoms with E-state index in [4.69, 9.17) is 0 Å². The first kappa shape index (κ1) is 12.5. The highest BCUT2D eigenvalue weighted by atomic mass is 16.4. The summed E-state index contributed by atoms with van der Waals surface area (Å²) in [5.74, 6) is -2.10. The van der Waals surface area contributed by atoms with E-state index in [0.717, 1.165) is 19.3 Å². The van der Waals surface area contributed by atoms with Gasteiger partial charge in [-0.05, 0) is 37.2 Å². The van der Waals surface area contributed by atoms with Crippen LogP contribution in [0.15, 0.2) is 18.5 Å². The Morgan fingerprint density at radius 2 is 1.90 bits per heavy atom. The lowest BCUT2D eigenvalue weighted by Gasteiger charge is -2.34. The molecule has 4 unspecified atom stereocenters. The third-order valence-corrected chi connectivity index (χ3v) is 5.18. The number of aliphatic carboxylic acids is 1. The predicted octanol–water partition coefficient (Wildman–Crippen LogP) is 1.18. The fourth-order valence-corrected chi connectivity index (χ4v) is 4.35. The molecule has 2 bridgehead atoms. The van der Waals surface area contributed by atoms with Crippen molar-refractivity contribution in [1.82, 2.24) is 9.88 Å². The van der Waals surface area contributed by atoms with Crippen LogP contribution >= 0.6 is 0 Å². The van der Waals surface area contributed by atoms with Crippen molar-refractivity contribution in [2.24, 2.45) is 17.8 Å². The van der Waals surface area contributed by atoms with E-state index in [1.165, 1.54) is 23.4 Å². The Balaban J connectivity index is 1.76. The number of nitrogens with zero attached hydrogens (tertiary/aromatic N) is 2. The standard InChI is InChI=1S/C15H14N2O4/c18-13-9-3-4-16-6-10(9)14(19)17(13)12-8-2-1-7(5-8)11(12)15(20)21/h3-4,6-8,11-12H,1-2,5H2,(H,20,21). The number of carbonyl (C=O) groups is 3. The molecule has 21 heavy (non-hydrogen) atoms. The van der Waals surface area contributed by atoms with Gasteiger partial charge in [0.1, 0.15) is 0 Å². The summed E-state index contributed by atoms with van der Waals surface area (Å²) in [5, 5.41) is 9.49. The summed E-state index contributed by atoms with van der Waals surface area (Å²) in [7, 11) is 0. The normalized spacial score (nSPS) is 33.6. The van der Waals surface area contributed by atoms with Gasteiger partial charge < -0.3 is 5.11 Å². The van der Waals surface area contributed by atoms with Gasteiger partial charge in [-0.3, -0.25) is 24.3 Å². The van der Waals surface area contributed by atoms with Crippen molar-refractivity contribution in [3.8, 4) is 0 Å². The first-order valence-electron chi connectivity index (χ1n) is 7.14. The zero-order chi connectivity index (χ0) is 14.7. The number of carboxylic acid groups (broad SMARTS) is 1. The number of pyridine rings is 1. The van der Waals surface area contributed by atoms with Crippen molar-refractivity contribution < 1.29 is 19.5 Å².